The van der Waals surface area contributed by atoms with Crippen LogP contribution in [0.5, 0.6) is 0 Å². The molecule has 0 heterocycles. The molecule has 0 aromatic heterocycles. The van der Waals surface area contributed by atoms with Crippen molar-refractivity contribution < 1.29 is 18.7 Å². The molecule has 1 amide bonds. The van der Waals surface area contributed by atoms with E-state index in [0.29, 0.717) is 0 Å². The Morgan fingerprint density at radius 1 is 1.43 bits per heavy atom. The third-order valence-electron chi connectivity index (χ3n) is 1.75. The Kier molecular flexibility index (Phi) is 3.01. The third kappa shape index (κ3) is 1.99. The first-order chi connectivity index (χ1) is 6.56. The zero-order valence-electron chi connectivity index (χ0n) is 7.46. The van der Waals surface area contributed by atoms with E-state index in [4.69, 9.17) is 0 Å². The van der Waals surface area contributed by atoms with Crippen LogP contribution >= 0.6 is 0 Å². The van der Waals surface area contributed by atoms with Gasteiger partial charge in [0.2, 0.25) is 0 Å². The molecule has 0 bridgehead atoms. The lowest BCUT2D eigenvalue weighted by molar-refractivity contribution is -0.246. The summed E-state index contributed by atoms with van der Waals surface area (Å²) in [6.45, 7) is 1.68. The largest absolute Gasteiger partial charge is 0.530 e. The highest BCUT2D eigenvalue weighted by molar-refractivity contribution is 5.84. The van der Waals surface area contributed by atoms with Gasteiger partial charge < -0.3 is 14.8 Å². The molecular weight excluding hydrogens is 192 g/mol. The zero-order chi connectivity index (χ0) is 10.7. The van der Waals surface area contributed by atoms with Crippen molar-refractivity contribution in [3.05, 3.63) is 29.8 Å². The van der Waals surface area contributed by atoms with E-state index in [1.807, 2.05) is 0 Å². The van der Waals surface area contributed by atoms with Gasteiger partial charge in [-0.05, 0) is 19.1 Å². The number of carbonyl (C=O) groups is 1. The summed E-state index contributed by atoms with van der Waals surface area (Å²) in [5.41, 5.74) is 0.0615. The van der Waals surface area contributed by atoms with Gasteiger partial charge in [-0.25, -0.2) is 8.78 Å². The molecule has 0 saturated carbocycles. The van der Waals surface area contributed by atoms with E-state index < -0.39 is 17.7 Å². The minimum Gasteiger partial charge on any atom is -0.530 e. The molecule has 76 valence electrons. The van der Waals surface area contributed by atoms with Gasteiger partial charge in [0.25, 0.3) is 0 Å². The highest BCUT2D eigenvalue weighted by Crippen LogP contribution is 2.17. The molecule has 0 aliphatic heterocycles. The lowest BCUT2D eigenvalue weighted by Crippen LogP contribution is -2.41. The van der Waals surface area contributed by atoms with Crippen LogP contribution in [-0.4, -0.2) is 12.6 Å². The van der Waals surface area contributed by atoms with Gasteiger partial charge in [-0.2, -0.15) is 0 Å². The maximum Gasteiger partial charge on any atom is 0.160 e. The first-order valence-corrected chi connectivity index (χ1v) is 3.99. The predicted molar refractivity (Wildman–Crippen MR) is 44.8 cm³/mol. The molecule has 14 heavy (non-hydrogen) atoms. The van der Waals surface area contributed by atoms with Crippen molar-refractivity contribution in [1.82, 2.24) is 0 Å². The fourth-order valence-electron chi connectivity index (χ4n) is 1.07. The van der Waals surface area contributed by atoms with Crippen LogP contribution in [-0.2, 0) is 0 Å². The van der Waals surface area contributed by atoms with E-state index in [9.17, 15) is 18.7 Å². The third-order valence-corrected chi connectivity index (χ3v) is 1.75. The highest BCUT2D eigenvalue weighted by Gasteiger charge is 2.08. The van der Waals surface area contributed by atoms with Gasteiger partial charge in [-0.15, -0.1) is 0 Å². The second-order valence-corrected chi connectivity index (χ2v) is 2.61. The van der Waals surface area contributed by atoms with Crippen molar-refractivity contribution in [2.45, 2.75) is 6.92 Å². The number of rotatable bonds is 2. The molecule has 1 aromatic carbocycles. The number of benzene rings is 1. The summed E-state index contributed by atoms with van der Waals surface area (Å²) in [5, 5.41) is 10.5. The topological polar surface area (TPSA) is 43.4 Å². The van der Waals surface area contributed by atoms with E-state index in [2.05, 4.69) is 0 Å². The Bertz CT molecular complexity index is 355. The highest BCUT2D eigenvalue weighted by atomic mass is 19.2. The van der Waals surface area contributed by atoms with Crippen LogP contribution in [0, 0.1) is 11.6 Å². The van der Waals surface area contributed by atoms with Crippen LogP contribution in [0.2, 0.25) is 0 Å². The molecule has 0 radical (unpaired) electrons. The molecule has 0 unspecified atom stereocenters. The summed E-state index contributed by atoms with van der Waals surface area (Å²) >= 11 is 0. The van der Waals surface area contributed by atoms with Crippen LogP contribution in [0.4, 0.5) is 19.3 Å². The minimum atomic E-state index is -1.45. The Morgan fingerprint density at radius 3 is 2.50 bits per heavy atom. The molecule has 0 atom stereocenters. The predicted octanol–water partition coefficient (Wildman–Crippen LogP) is 1.13. The first-order valence-electron chi connectivity index (χ1n) is 3.99. The number of anilines is 1. The van der Waals surface area contributed by atoms with Crippen LogP contribution in [0.15, 0.2) is 18.2 Å². The maximum atomic E-state index is 12.7. The van der Waals surface area contributed by atoms with Crippen molar-refractivity contribution in [3.8, 4) is 0 Å². The molecule has 0 saturated heterocycles. The fourth-order valence-corrected chi connectivity index (χ4v) is 1.07. The average molecular weight is 200 g/mol. The van der Waals surface area contributed by atoms with Gasteiger partial charge >= 0.3 is 0 Å². The standard InChI is InChI=1S/C9H9F2NO2/c1-2-12(9(13)14)6-3-4-7(10)8(11)5-6/h3-5H,2H2,1H3,(H,13,14)/p-1. The normalized spacial score (nSPS) is 9.93. The van der Waals surface area contributed by atoms with E-state index >= 15 is 0 Å². The molecular formula is C9H8F2NO2-. The van der Waals surface area contributed by atoms with E-state index in [0.717, 1.165) is 17.0 Å². The minimum absolute atomic E-state index is 0.0615. The van der Waals surface area contributed by atoms with Crippen molar-refractivity contribution in [1.29, 1.82) is 0 Å². The first kappa shape index (κ1) is 10.4. The van der Waals surface area contributed by atoms with Gasteiger partial charge in [-0.1, -0.05) is 0 Å². The van der Waals surface area contributed by atoms with E-state index in [1.54, 1.807) is 6.92 Å². The Balaban J connectivity index is 3.06. The Morgan fingerprint density at radius 2 is 2.07 bits per heavy atom. The molecule has 0 fully saturated rings. The van der Waals surface area contributed by atoms with Crippen LogP contribution in [0.1, 0.15) is 6.92 Å². The number of nitrogens with zero attached hydrogens (tertiary/aromatic N) is 1. The smallest absolute Gasteiger partial charge is 0.160 e. The number of hydrogen-bond donors (Lipinski definition) is 0. The summed E-state index contributed by atoms with van der Waals surface area (Å²) in [7, 11) is 0. The van der Waals surface area contributed by atoms with E-state index in [1.165, 1.54) is 6.07 Å². The summed E-state index contributed by atoms with van der Waals surface area (Å²) in [6.07, 6.45) is -1.45. The Labute approximate surface area is 79.6 Å². The molecule has 0 aliphatic carbocycles. The van der Waals surface area contributed by atoms with Crippen molar-refractivity contribution in [2.24, 2.45) is 0 Å². The number of halogens is 2. The van der Waals surface area contributed by atoms with Crippen molar-refractivity contribution in [3.63, 3.8) is 0 Å². The van der Waals surface area contributed by atoms with Gasteiger partial charge in [-0.3, -0.25) is 0 Å². The monoisotopic (exact) mass is 200 g/mol. The molecule has 1 aromatic rings. The van der Waals surface area contributed by atoms with E-state index in [-0.39, 0.29) is 12.2 Å². The van der Waals surface area contributed by atoms with Gasteiger partial charge in [0.1, 0.15) is 6.09 Å². The van der Waals surface area contributed by atoms with Gasteiger partial charge in [0, 0.05) is 18.3 Å². The maximum absolute atomic E-state index is 12.7. The Hall–Kier alpha value is -1.65. The van der Waals surface area contributed by atoms with Crippen molar-refractivity contribution >= 4 is 11.8 Å². The van der Waals surface area contributed by atoms with Gasteiger partial charge in [0.05, 0.1) is 0 Å². The zero-order valence-corrected chi connectivity index (χ0v) is 7.46. The summed E-state index contributed by atoms with van der Waals surface area (Å²) < 4.78 is 25.2. The lowest BCUT2D eigenvalue weighted by atomic mass is 10.3. The average Bonchev–Trinajstić information content (AvgIpc) is 2.11. The fraction of sp³-hybridized carbons (Fsp3) is 0.222. The van der Waals surface area contributed by atoms with Crippen LogP contribution in [0.25, 0.3) is 0 Å². The number of amides is 1. The molecule has 0 spiro atoms. The number of hydrogen-bond acceptors (Lipinski definition) is 2. The molecule has 1 rings (SSSR count). The second kappa shape index (κ2) is 4.04. The lowest BCUT2D eigenvalue weighted by Gasteiger charge is -2.23. The van der Waals surface area contributed by atoms with Gasteiger partial charge in [0.15, 0.2) is 11.6 Å². The molecule has 5 heteroatoms. The number of carboxylic acid groups (broad SMARTS) is 1. The second-order valence-electron chi connectivity index (χ2n) is 2.61. The van der Waals surface area contributed by atoms with Crippen molar-refractivity contribution in [2.75, 3.05) is 11.4 Å². The summed E-state index contributed by atoms with van der Waals surface area (Å²) in [6, 6.07) is 2.86. The molecule has 3 nitrogen and oxygen atoms in total. The quantitative estimate of drug-likeness (QED) is 0.718. The molecule has 0 aliphatic rings. The van der Waals surface area contributed by atoms with Crippen LogP contribution in [0.3, 0.4) is 0 Å². The summed E-state index contributed by atoms with van der Waals surface area (Å²) in [5.74, 6) is -2.09. The number of carbonyl (C=O) groups excluding carboxylic acids is 1. The van der Waals surface area contributed by atoms with Crippen LogP contribution < -0.4 is 10.0 Å². The molecule has 0 N–H and O–H groups in total. The SMILES string of the molecule is CCN(C(=O)[O-])c1ccc(F)c(F)c1. The summed E-state index contributed by atoms with van der Waals surface area (Å²) in [4.78, 5) is 11.3.